The van der Waals surface area contributed by atoms with E-state index in [4.69, 9.17) is 4.74 Å². The molecule has 1 saturated carbocycles. The van der Waals surface area contributed by atoms with Crippen molar-refractivity contribution < 1.29 is 9.53 Å². The van der Waals surface area contributed by atoms with Crippen LogP contribution in [-0.2, 0) is 16.1 Å². The first-order chi connectivity index (χ1) is 11.3. The number of hydrogen-bond donors (Lipinski definition) is 1. The monoisotopic (exact) mass is 309 g/mol. The molecule has 1 N–H and O–H groups in total. The fourth-order valence-corrected chi connectivity index (χ4v) is 3.63. The molecule has 0 aromatic heterocycles. The molecule has 120 valence electrons. The Bertz CT molecular complexity index is 627. The van der Waals surface area contributed by atoms with Gasteiger partial charge in [0.1, 0.15) is 0 Å². The molecular weight excluding hydrogens is 286 g/mol. The highest BCUT2D eigenvalue weighted by molar-refractivity contribution is 5.74. The molecular formula is C20H23NO2. The van der Waals surface area contributed by atoms with Gasteiger partial charge < -0.3 is 10.1 Å². The van der Waals surface area contributed by atoms with Crippen LogP contribution >= 0.6 is 0 Å². The van der Waals surface area contributed by atoms with E-state index in [0.29, 0.717) is 6.04 Å². The minimum atomic E-state index is -0.0946. The minimum absolute atomic E-state index is 0.0596. The predicted octanol–water partition coefficient (Wildman–Crippen LogP) is 3.51. The maximum absolute atomic E-state index is 12.2. The molecule has 3 heteroatoms. The summed E-state index contributed by atoms with van der Waals surface area (Å²) >= 11 is 0. The maximum atomic E-state index is 12.2. The lowest BCUT2D eigenvalue weighted by atomic mass is 9.86. The van der Waals surface area contributed by atoms with Gasteiger partial charge in [0.25, 0.3) is 0 Å². The van der Waals surface area contributed by atoms with E-state index in [1.807, 2.05) is 24.3 Å². The smallest absolute Gasteiger partial charge is 0.309 e. The normalized spacial score (nSPS) is 23.6. The number of nitrogens with one attached hydrogen (secondary N) is 1. The van der Waals surface area contributed by atoms with E-state index < -0.39 is 0 Å². The van der Waals surface area contributed by atoms with Gasteiger partial charge in [-0.1, -0.05) is 60.7 Å². The number of carbonyl (C=O) groups excluding carboxylic acids is 1. The van der Waals surface area contributed by atoms with Crippen molar-refractivity contribution in [2.75, 3.05) is 7.11 Å². The second kappa shape index (κ2) is 7.42. The van der Waals surface area contributed by atoms with Crippen LogP contribution in [0.3, 0.4) is 0 Å². The highest BCUT2D eigenvalue weighted by Crippen LogP contribution is 2.40. The summed E-state index contributed by atoms with van der Waals surface area (Å²) in [6.07, 6.45) is 1.87. The van der Waals surface area contributed by atoms with E-state index in [1.165, 1.54) is 18.2 Å². The Hall–Kier alpha value is -2.13. The number of hydrogen-bond acceptors (Lipinski definition) is 3. The van der Waals surface area contributed by atoms with E-state index in [9.17, 15) is 4.79 Å². The van der Waals surface area contributed by atoms with Crippen LogP contribution < -0.4 is 5.32 Å². The summed E-state index contributed by atoms with van der Waals surface area (Å²) in [6.45, 7) is 0.822. The van der Waals surface area contributed by atoms with Crippen LogP contribution in [0.4, 0.5) is 0 Å². The highest BCUT2D eigenvalue weighted by Gasteiger charge is 2.41. The van der Waals surface area contributed by atoms with Crippen molar-refractivity contribution in [3.05, 3.63) is 71.8 Å². The highest BCUT2D eigenvalue weighted by atomic mass is 16.5. The lowest BCUT2D eigenvalue weighted by molar-refractivity contribution is -0.145. The third-order valence-electron chi connectivity index (χ3n) is 4.76. The Morgan fingerprint density at radius 2 is 1.70 bits per heavy atom. The first kappa shape index (κ1) is 15.8. The zero-order valence-corrected chi connectivity index (χ0v) is 13.4. The zero-order valence-electron chi connectivity index (χ0n) is 13.4. The van der Waals surface area contributed by atoms with Crippen LogP contribution in [0.5, 0.6) is 0 Å². The van der Waals surface area contributed by atoms with Gasteiger partial charge in [-0.25, -0.2) is 0 Å². The number of benzene rings is 2. The third-order valence-corrected chi connectivity index (χ3v) is 4.76. The molecule has 2 aromatic rings. The predicted molar refractivity (Wildman–Crippen MR) is 91.0 cm³/mol. The van der Waals surface area contributed by atoms with Crippen molar-refractivity contribution in [1.29, 1.82) is 0 Å². The molecule has 0 unspecified atom stereocenters. The SMILES string of the molecule is COC(=O)[C@H]1CC[C@@H](NCc2ccccc2)[C@@H]1c1ccccc1. The van der Waals surface area contributed by atoms with Gasteiger partial charge in [0.05, 0.1) is 13.0 Å². The molecule has 0 saturated heterocycles. The third kappa shape index (κ3) is 3.62. The largest absolute Gasteiger partial charge is 0.469 e. The average molecular weight is 309 g/mol. The molecule has 2 aromatic carbocycles. The van der Waals surface area contributed by atoms with E-state index in [-0.39, 0.29) is 17.8 Å². The Morgan fingerprint density at radius 3 is 2.35 bits per heavy atom. The minimum Gasteiger partial charge on any atom is -0.469 e. The molecule has 0 amide bonds. The molecule has 0 aliphatic heterocycles. The summed E-state index contributed by atoms with van der Waals surface area (Å²) in [6, 6.07) is 21.0. The first-order valence-corrected chi connectivity index (χ1v) is 8.19. The Labute approximate surface area is 137 Å². The first-order valence-electron chi connectivity index (χ1n) is 8.19. The number of methoxy groups -OCH3 is 1. The second-order valence-corrected chi connectivity index (χ2v) is 6.12. The van der Waals surface area contributed by atoms with Crippen LogP contribution in [-0.4, -0.2) is 19.1 Å². The fraction of sp³-hybridized carbons (Fsp3) is 0.350. The van der Waals surface area contributed by atoms with E-state index >= 15 is 0 Å². The Morgan fingerprint density at radius 1 is 1.04 bits per heavy atom. The number of ether oxygens (including phenoxy) is 1. The van der Waals surface area contributed by atoms with Gasteiger partial charge in [0.2, 0.25) is 0 Å². The van der Waals surface area contributed by atoms with Crippen molar-refractivity contribution in [2.45, 2.75) is 31.3 Å². The molecule has 1 fully saturated rings. The van der Waals surface area contributed by atoms with Crippen molar-refractivity contribution >= 4 is 5.97 Å². The van der Waals surface area contributed by atoms with Crippen LogP contribution in [0.25, 0.3) is 0 Å². The summed E-state index contributed by atoms with van der Waals surface area (Å²) in [7, 11) is 1.48. The standard InChI is InChI=1S/C20H23NO2/c1-23-20(22)17-12-13-18(19(17)16-10-6-3-7-11-16)21-14-15-8-4-2-5-9-15/h2-11,17-19,21H,12-14H2,1H3/t17-,18+,19+/m0/s1. The molecule has 23 heavy (non-hydrogen) atoms. The second-order valence-electron chi connectivity index (χ2n) is 6.12. The van der Waals surface area contributed by atoms with Gasteiger partial charge in [-0.05, 0) is 24.0 Å². The van der Waals surface area contributed by atoms with E-state index in [2.05, 4.69) is 41.7 Å². The molecule has 0 bridgehead atoms. The lowest BCUT2D eigenvalue weighted by Gasteiger charge is -2.25. The van der Waals surface area contributed by atoms with Crippen LogP contribution in [0.1, 0.15) is 29.9 Å². The molecule has 0 heterocycles. The Balaban J connectivity index is 1.77. The van der Waals surface area contributed by atoms with Crippen LogP contribution in [0.15, 0.2) is 60.7 Å². The van der Waals surface area contributed by atoms with Gasteiger partial charge in [-0.15, -0.1) is 0 Å². The number of rotatable bonds is 5. The van der Waals surface area contributed by atoms with Gasteiger partial charge in [-0.2, -0.15) is 0 Å². The molecule has 0 spiro atoms. The van der Waals surface area contributed by atoms with E-state index in [1.54, 1.807) is 0 Å². The molecule has 3 nitrogen and oxygen atoms in total. The number of esters is 1. The number of carbonyl (C=O) groups is 1. The van der Waals surface area contributed by atoms with Crippen molar-refractivity contribution in [3.63, 3.8) is 0 Å². The summed E-state index contributed by atoms with van der Waals surface area (Å²) < 4.78 is 5.03. The zero-order chi connectivity index (χ0) is 16.1. The molecule has 3 rings (SSSR count). The fourth-order valence-electron chi connectivity index (χ4n) is 3.63. The lowest BCUT2D eigenvalue weighted by Crippen LogP contribution is -2.34. The van der Waals surface area contributed by atoms with Gasteiger partial charge in [-0.3, -0.25) is 4.79 Å². The average Bonchev–Trinajstić information content (AvgIpc) is 3.05. The van der Waals surface area contributed by atoms with Gasteiger partial charge in [0.15, 0.2) is 0 Å². The summed E-state index contributed by atoms with van der Waals surface area (Å²) in [4.78, 5) is 12.2. The quantitative estimate of drug-likeness (QED) is 0.859. The molecule has 3 atom stereocenters. The Kier molecular flexibility index (Phi) is 5.09. The van der Waals surface area contributed by atoms with Crippen molar-refractivity contribution in [2.24, 2.45) is 5.92 Å². The van der Waals surface area contributed by atoms with E-state index in [0.717, 1.165) is 19.4 Å². The topological polar surface area (TPSA) is 38.3 Å². The molecule has 1 aliphatic carbocycles. The summed E-state index contributed by atoms with van der Waals surface area (Å²) in [5.41, 5.74) is 2.48. The maximum Gasteiger partial charge on any atom is 0.309 e. The van der Waals surface area contributed by atoms with Crippen molar-refractivity contribution in [1.82, 2.24) is 5.32 Å². The summed E-state index contributed by atoms with van der Waals surface area (Å²) in [5, 5.41) is 3.65. The van der Waals surface area contributed by atoms with Crippen LogP contribution in [0.2, 0.25) is 0 Å². The summed E-state index contributed by atoms with van der Waals surface area (Å²) in [5.74, 6) is 0.0194. The van der Waals surface area contributed by atoms with Gasteiger partial charge in [0, 0.05) is 18.5 Å². The van der Waals surface area contributed by atoms with Crippen molar-refractivity contribution in [3.8, 4) is 0 Å². The molecule has 1 aliphatic rings. The van der Waals surface area contributed by atoms with Crippen LogP contribution in [0, 0.1) is 5.92 Å². The molecule has 0 radical (unpaired) electrons. The van der Waals surface area contributed by atoms with Gasteiger partial charge >= 0.3 is 5.97 Å².